The highest BCUT2D eigenvalue weighted by Crippen LogP contribution is 2.40. The average Bonchev–Trinajstić information content (AvgIpc) is 2.99. The second kappa shape index (κ2) is 8.72. The summed E-state index contributed by atoms with van der Waals surface area (Å²) in [5.41, 5.74) is 1.09. The molecule has 1 amide bonds. The van der Waals surface area contributed by atoms with Crippen LogP contribution in [0.2, 0.25) is 0 Å². The molecule has 1 aromatic heterocycles. The van der Waals surface area contributed by atoms with E-state index in [0.717, 1.165) is 43.5 Å². The van der Waals surface area contributed by atoms with E-state index in [1.54, 1.807) is 4.90 Å². The van der Waals surface area contributed by atoms with Gasteiger partial charge in [-0.1, -0.05) is 12.1 Å². The van der Waals surface area contributed by atoms with E-state index >= 15 is 0 Å². The SMILES string of the molecule is O=C(c1n[nH]c2c1CCN(C1COC1)C2)N1CCCC(c2cccc(F)c2C(F)(F)F)CC1. The lowest BCUT2D eigenvalue weighted by molar-refractivity contribution is -0.140. The van der Waals surface area contributed by atoms with Crippen LogP contribution in [0.4, 0.5) is 17.6 Å². The van der Waals surface area contributed by atoms with Crippen LogP contribution in [0.1, 0.15) is 58.1 Å². The molecule has 5 rings (SSSR count). The summed E-state index contributed by atoms with van der Waals surface area (Å²) in [4.78, 5) is 17.3. The van der Waals surface area contributed by atoms with Crippen LogP contribution in [0, 0.1) is 5.82 Å². The fraction of sp³-hybridized carbons (Fsp3) is 0.565. The third kappa shape index (κ3) is 4.26. The van der Waals surface area contributed by atoms with Gasteiger partial charge >= 0.3 is 6.18 Å². The summed E-state index contributed by atoms with van der Waals surface area (Å²) in [6, 6.07) is 3.94. The molecule has 178 valence electrons. The Morgan fingerprint density at radius 1 is 1.15 bits per heavy atom. The first-order valence-electron chi connectivity index (χ1n) is 11.4. The molecule has 0 radical (unpaired) electrons. The van der Waals surface area contributed by atoms with E-state index in [2.05, 4.69) is 15.1 Å². The highest BCUT2D eigenvalue weighted by molar-refractivity contribution is 5.94. The predicted octanol–water partition coefficient (Wildman–Crippen LogP) is 3.73. The number of aromatic nitrogens is 2. The van der Waals surface area contributed by atoms with Gasteiger partial charge in [-0.25, -0.2) is 4.39 Å². The second-order valence-electron chi connectivity index (χ2n) is 9.06. The molecule has 1 unspecified atom stereocenters. The molecular weight excluding hydrogens is 440 g/mol. The maximum atomic E-state index is 14.1. The van der Waals surface area contributed by atoms with E-state index in [1.165, 1.54) is 12.1 Å². The van der Waals surface area contributed by atoms with Crippen molar-refractivity contribution in [2.75, 3.05) is 32.8 Å². The summed E-state index contributed by atoms with van der Waals surface area (Å²) in [5, 5.41) is 7.32. The Bertz CT molecular complexity index is 1030. The molecule has 10 heteroatoms. The zero-order chi connectivity index (χ0) is 23.2. The molecule has 2 fully saturated rings. The predicted molar refractivity (Wildman–Crippen MR) is 111 cm³/mol. The van der Waals surface area contributed by atoms with E-state index in [1.807, 2.05) is 0 Å². The minimum absolute atomic E-state index is 0.0194. The van der Waals surface area contributed by atoms with E-state index in [-0.39, 0.29) is 11.5 Å². The molecule has 1 aromatic carbocycles. The Balaban J connectivity index is 1.30. The van der Waals surface area contributed by atoms with Crippen molar-refractivity contribution in [3.63, 3.8) is 0 Å². The number of hydrogen-bond donors (Lipinski definition) is 1. The number of benzene rings is 1. The van der Waals surface area contributed by atoms with Crippen LogP contribution in [-0.4, -0.2) is 64.8 Å². The Morgan fingerprint density at radius 3 is 2.70 bits per heavy atom. The lowest BCUT2D eigenvalue weighted by atomic mass is 9.88. The number of fused-ring (bicyclic) bond motifs is 1. The molecule has 2 aromatic rings. The topological polar surface area (TPSA) is 61.5 Å². The van der Waals surface area contributed by atoms with Crippen molar-refractivity contribution in [2.45, 2.75) is 50.4 Å². The van der Waals surface area contributed by atoms with Gasteiger partial charge in [0, 0.05) is 31.7 Å². The highest BCUT2D eigenvalue weighted by Gasteiger charge is 2.39. The van der Waals surface area contributed by atoms with Gasteiger partial charge in [0.2, 0.25) is 0 Å². The van der Waals surface area contributed by atoms with Gasteiger partial charge in [-0.05, 0) is 43.2 Å². The number of likely N-dealkylation sites (tertiary alicyclic amines) is 1. The van der Waals surface area contributed by atoms with Gasteiger partial charge in [-0.15, -0.1) is 0 Å². The minimum atomic E-state index is -4.75. The second-order valence-corrected chi connectivity index (χ2v) is 9.06. The molecule has 0 saturated carbocycles. The summed E-state index contributed by atoms with van der Waals surface area (Å²) < 4.78 is 59.8. The molecule has 4 heterocycles. The van der Waals surface area contributed by atoms with Crippen LogP contribution in [-0.2, 0) is 23.9 Å². The molecule has 0 aliphatic carbocycles. The minimum Gasteiger partial charge on any atom is -0.378 e. The van der Waals surface area contributed by atoms with E-state index in [9.17, 15) is 22.4 Å². The van der Waals surface area contributed by atoms with E-state index in [4.69, 9.17) is 4.74 Å². The number of nitrogens with one attached hydrogen (secondary N) is 1. The van der Waals surface area contributed by atoms with Crippen molar-refractivity contribution >= 4 is 5.91 Å². The van der Waals surface area contributed by atoms with Crippen molar-refractivity contribution in [3.05, 3.63) is 52.1 Å². The Labute approximate surface area is 188 Å². The third-order valence-corrected chi connectivity index (χ3v) is 7.09. The van der Waals surface area contributed by atoms with Gasteiger partial charge in [0.05, 0.1) is 30.5 Å². The molecule has 0 spiro atoms. The van der Waals surface area contributed by atoms with Crippen LogP contribution >= 0.6 is 0 Å². The first kappa shape index (κ1) is 22.3. The number of ether oxygens (including phenoxy) is 1. The van der Waals surface area contributed by atoms with Crippen molar-refractivity contribution in [1.82, 2.24) is 20.0 Å². The first-order valence-corrected chi connectivity index (χ1v) is 11.4. The highest BCUT2D eigenvalue weighted by atomic mass is 19.4. The van der Waals surface area contributed by atoms with Gasteiger partial charge < -0.3 is 9.64 Å². The number of halogens is 4. The van der Waals surface area contributed by atoms with Crippen LogP contribution in [0.3, 0.4) is 0 Å². The lowest BCUT2D eigenvalue weighted by Crippen LogP contribution is -2.50. The number of nitrogens with zero attached hydrogens (tertiary/aromatic N) is 3. The van der Waals surface area contributed by atoms with Gasteiger partial charge in [0.15, 0.2) is 5.69 Å². The first-order chi connectivity index (χ1) is 15.8. The summed E-state index contributed by atoms with van der Waals surface area (Å²) >= 11 is 0. The number of carbonyl (C=O) groups is 1. The Hall–Kier alpha value is -2.46. The van der Waals surface area contributed by atoms with E-state index < -0.39 is 23.5 Å². The fourth-order valence-electron chi connectivity index (χ4n) is 5.20. The smallest absolute Gasteiger partial charge is 0.378 e. The summed E-state index contributed by atoms with van der Waals surface area (Å²) in [6.07, 6.45) is -2.67. The molecule has 3 aliphatic heterocycles. The van der Waals surface area contributed by atoms with Crippen LogP contribution in [0.15, 0.2) is 18.2 Å². The molecule has 2 saturated heterocycles. The molecule has 6 nitrogen and oxygen atoms in total. The van der Waals surface area contributed by atoms with Crippen molar-refractivity contribution in [2.24, 2.45) is 0 Å². The van der Waals surface area contributed by atoms with Gasteiger partial charge in [0.1, 0.15) is 5.82 Å². The fourth-order valence-corrected chi connectivity index (χ4v) is 5.20. The third-order valence-electron chi connectivity index (χ3n) is 7.09. The number of amides is 1. The van der Waals surface area contributed by atoms with Crippen LogP contribution < -0.4 is 0 Å². The molecular formula is C23H26F4N4O2. The maximum absolute atomic E-state index is 14.1. The van der Waals surface area contributed by atoms with E-state index in [0.29, 0.717) is 50.6 Å². The largest absolute Gasteiger partial charge is 0.419 e. The zero-order valence-corrected chi connectivity index (χ0v) is 18.1. The Morgan fingerprint density at radius 2 is 1.97 bits per heavy atom. The molecule has 0 bridgehead atoms. The Kier molecular flexibility index (Phi) is 5.90. The molecule has 1 atom stereocenters. The zero-order valence-electron chi connectivity index (χ0n) is 18.1. The van der Waals surface area contributed by atoms with Gasteiger partial charge in [-0.2, -0.15) is 18.3 Å². The number of alkyl halides is 3. The van der Waals surface area contributed by atoms with Crippen molar-refractivity contribution in [3.8, 4) is 0 Å². The lowest BCUT2D eigenvalue weighted by Gasteiger charge is -2.39. The van der Waals surface area contributed by atoms with Crippen LogP contribution in [0.25, 0.3) is 0 Å². The number of hydrogen-bond acceptors (Lipinski definition) is 4. The number of carbonyl (C=O) groups excluding carboxylic acids is 1. The summed E-state index contributed by atoms with van der Waals surface area (Å²) in [5.74, 6) is -1.90. The standard InChI is InChI=1S/C23H26F4N4O2/c24-18-5-1-4-16(20(18)23(25,26)27)14-3-2-8-30(9-6-14)22(32)21-17-7-10-31(15-12-33-13-15)11-19(17)28-29-21/h1,4-5,14-15H,2-3,6-13H2,(H,28,29). The monoisotopic (exact) mass is 466 g/mol. The summed E-state index contributed by atoms with van der Waals surface area (Å²) in [7, 11) is 0. The maximum Gasteiger partial charge on any atom is 0.419 e. The quantitative estimate of drug-likeness (QED) is 0.701. The average molecular weight is 466 g/mol. The molecule has 3 aliphatic rings. The molecule has 33 heavy (non-hydrogen) atoms. The van der Waals surface area contributed by atoms with Gasteiger partial charge in [0.25, 0.3) is 5.91 Å². The van der Waals surface area contributed by atoms with Crippen molar-refractivity contribution in [1.29, 1.82) is 0 Å². The number of aromatic amines is 1. The van der Waals surface area contributed by atoms with Crippen molar-refractivity contribution < 1.29 is 27.1 Å². The normalized spacial score (nSPS) is 22.5. The number of rotatable bonds is 3. The summed E-state index contributed by atoms with van der Waals surface area (Å²) in [6.45, 7) is 3.75. The number of H-pyrrole nitrogens is 1. The van der Waals surface area contributed by atoms with Gasteiger partial charge in [-0.3, -0.25) is 14.8 Å². The molecule has 1 N–H and O–H groups in total. The van der Waals surface area contributed by atoms with Crippen LogP contribution in [0.5, 0.6) is 0 Å².